The van der Waals surface area contributed by atoms with Crippen LogP contribution in [0, 0.1) is 10.5 Å². The number of anilines is 3. The molecule has 16 heavy (non-hydrogen) atoms. The molecule has 0 atom stereocenters. The van der Waals surface area contributed by atoms with E-state index in [1.807, 2.05) is 30.3 Å². The molecule has 2 aromatic rings. The maximum absolute atomic E-state index is 5.72. The first-order valence-electron chi connectivity index (χ1n) is 5.04. The summed E-state index contributed by atoms with van der Waals surface area (Å²) in [6.45, 7) is 2.05. The second-order valence-electron chi connectivity index (χ2n) is 3.68. The van der Waals surface area contributed by atoms with Gasteiger partial charge in [0.2, 0.25) is 0 Å². The van der Waals surface area contributed by atoms with Gasteiger partial charge in [-0.1, -0.05) is 12.1 Å². The van der Waals surface area contributed by atoms with Crippen LogP contribution in [0.3, 0.4) is 0 Å². The Bertz CT molecular complexity index is 509. The van der Waals surface area contributed by atoms with Gasteiger partial charge in [-0.3, -0.25) is 0 Å². The van der Waals surface area contributed by atoms with E-state index in [0.717, 1.165) is 22.6 Å². The van der Waals surface area contributed by atoms with Crippen molar-refractivity contribution in [3.63, 3.8) is 0 Å². The maximum Gasteiger partial charge on any atom is 0.0519 e. The summed E-state index contributed by atoms with van der Waals surface area (Å²) in [5.74, 6) is 0. The first-order chi connectivity index (χ1) is 7.66. The summed E-state index contributed by atoms with van der Waals surface area (Å²) in [7, 11) is 0. The van der Waals surface area contributed by atoms with Gasteiger partial charge in [0.25, 0.3) is 0 Å². The van der Waals surface area contributed by atoms with Crippen molar-refractivity contribution in [3.05, 3.63) is 51.6 Å². The minimum absolute atomic E-state index is 0.797. The van der Waals surface area contributed by atoms with Crippen molar-refractivity contribution in [2.24, 2.45) is 0 Å². The third-order valence-corrected chi connectivity index (χ3v) is 3.33. The number of hydrogen-bond acceptors (Lipinski definition) is 2. The normalized spacial score (nSPS) is 10.1. The lowest BCUT2D eigenvalue weighted by Crippen LogP contribution is -1.96. The highest BCUT2D eigenvalue weighted by atomic mass is 127. The zero-order valence-corrected chi connectivity index (χ0v) is 11.2. The highest BCUT2D eigenvalue weighted by molar-refractivity contribution is 14.1. The van der Waals surface area contributed by atoms with E-state index in [1.165, 1.54) is 3.57 Å². The van der Waals surface area contributed by atoms with Gasteiger partial charge in [0.05, 0.1) is 5.69 Å². The summed E-state index contributed by atoms with van der Waals surface area (Å²) in [6.07, 6.45) is 0. The molecule has 0 radical (unpaired) electrons. The van der Waals surface area contributed by atoms with Crippen molar-refractivity contribution in [1.29, 1.82) is 0 Å². The third-order valence-electron chi connectivity index (χ3n) is 2.39. The van der Waals surface area contributed by atoms with Gasteiger partial charge in [0.1, 0.15) is 0 Å². The lowest BCUT2D eigenvalue weighted by atomic mass is 10.1. The molecule has 0 aromatic heterocycles. The van der Waals surface area contributed by atoms with Crippen molar-refractivity contribution < 1.29 is 0 Å². The van der Waals surface area contributed by atoms with Crippen molar-refractivity contribution in [2.45, 2.75) is 6.92 Å². The fraction of sp³-hybridized carbons (Fsp3) is 0.0769. The van der Waals surface area contributed by atoms with E-state index in [4.69, 9.17) is 5.73 Å². The predicted molar refractivity (Wildman–Crippen MR) is 78.0 cm³/mol. The summed E-state index contributed by atoms with van der Waals surface area (Å²) in [6, 6.07) is 14.1. The minimum atomic E-state index is 0.797. The minimum Gasteiger partial charge on any atom is -0.399 e. The molecular formula is C13H13IN2. The number of benzene rings is 2. The van der Waals surface area contributed by atoms with E-state index in [-0.39, 0.29) is 0 Å². The predicted octanol–water partition coefficient (Wildman–Crippen LogP) is 3.93. The van der Waals surface area contributed by atoms with Crippen LogP contribution >= 0.6 is 22.6 Å². The number of para-hydroxylation sites is 1. The van der Waals surface area contributed by atoms with E-state index < -0.39 is 0 Å². The van der Waals surface area contributed by atoms with Crippen LogP contribution in [0.15, 0.2) is 42.5 Å². The van der Waals surface area contributed by atoms with Crippen LogP contribution in [-0.4, -0.2) is 0 Å². The van der Waals surface area contributed by atoms with E-state index in [1.54, 1.807) is 0 Å². The number of nitrogens with one attached hydrogen (secondary N) is 1. The summed E-state index contributed by atoms with van der Waals surface area (Å²) >= 11 is 2.32. The number of halogens is 1. The van der Waals surface area contributed by atoms with Gasteiger partial charge in [-0.05, 0) is 65.4 Å². The smallest absolute Gasteiger partial charge is 0.0519 e. The fourth-order valence-electron chi connectivity index (χ4n) is 1.53. The first kappa shape index (κ1) is 11.3. The average molecular weight is 324 g/mol. The van der Waals surface area contributed by atoms with E-state index in [9.17, 15) is 0 Å². The van der Waals surface area contributed by atoms with Gasteiger partial charge in [0.15, 0.2) is 0 Å². The quantitative estimate of drug-likeness (QED) is 0.649. The molecule has 2 nitrogen and oxygen atoms in total. The van der Waals surface area contributed by atoms with E-state index in [2.05, 4.69) is 47.0 Å². The maximum atomic E-state index is 5.72. The molecular weight excluding hydrogens is 311 g/mol. The summed E-state index contributed by atoms with van der Waals surface area (Å²) in [5.41, 5.74) is 9.89. The van der Waals surface area contributed by atoms with Crippen molar-refractivity contribution >= 4 is 39.7 Å². The molecule has 0 unspecified atom stereocenters. The average Bonchev–Trinajstić information content (AvgIpc) is 2.25. The van der Waals surface area contributed by atoms with Crippen LogP contribution in [0.1, 0.15) is 5.56 Å². The number of rotatable bonds is 2. The third kappa shape index (κ3) is 2.47. The number of nitrogen functional groups attached to an aromatic ring is 1. The van der Waals surface area contributed by atoms with Gasteiger partial charge in [-0.2, -0.15) is 0 Å². The Kier molecular flexibility index (Phi) is 3.33. The van der Waals surface area contributed by atoms with Gasteiger partial charge in [-0.15, -0.1) is 0 Å². The summed E-state index contributed by atoms with van der Waals surface area (Å²) < 4.78 is 1.20. The van der Waals surface area contributed by atoms with Crippen LogP contribution < -0.4 is 11.1 Å². The van der Waals surface area contributed by atoms with Crippen LogP contribution in [0.25, 0.3) is 0 Å². The summed E-state index contributed by atoms with van der Waals surface area (Å²) in [4.78, 5) is 0. The molecule has 0 aliphatic carbocycles. The van der Waals surface area contributed by atoms with Crippen LogP contribution in [0.2, 0.25) is 0 Å². The Morgan fingerprint density at radius 1 is 1.06 bits per heavy atom. The molecule has 0 aliphatic heterocycles. The Balaban J connectivity index is 2.31. The van der Waals surface area contributed by atoms with E-state index in [0.29, 0.717) is 0 Å². The fourth-order valence-corrected chi connectivity index (χ4v) is 2.06. The second-order valence-corrected chi connectivity index (χ2v) is 4.84. The molecule has 82 valence electrons. The van der Waals surface area contributed by atoms with Crippen LogP contribution in [0.5, 0.6) is 0 Å². The van der Waals surface area contributed by atoms with Gasteiger partial charge >= 0.3 is 0 Å². The highest BCUT2D eigenvalue weighted by Gasteiger charge is 2.01. The Morgan fingerprint density at radius 3 is 2.50 bits per heavy atom. The molecule has 0 heterocycles. The molecule has 0 aliphatic rings. The standard InChI is InChI=1S/C13H13IN2/c1-9-8-10(15)6-7-12(9)16-13-5-3-2-4-11(13)14/h2-8,16H,15H2,1H3. The van der Waals surface area contributed by atoms with E-state index >= 15 is 0 Å². The molecule has 0 saturated carbocycles. The highest BCUT2D eigenvalue weighted by Crippen LogP contribution is 2.25. The van der Waals surface area contributed by atoms with Crippen molar-refractivity contribution in [2.75, 3.05) is 11.1 Å². The van der Waals surface area contributed by atoms with Gasteiger partial charge in [-0.25, -0.2) is 0 Å². The van der Waals surface area contributed by atoms with Crippen molar-refractivity contribution in [1.82, 2.24) is 0 Å². The Morgan fingerprint density at radius 2 is 1.81 bits per heavy atom. The molecule has 2 aromatic carbocycles. The summed E-state index contributed by atoms with van der Waals surface area (Å²) in [5, 5.41) is 3.40. The Labute approximate surface area is 109 Å². The monoisotopic (exact) mass is 324 g/mol. The number of aryl methyl sites for hydroxylation is 1. The largest absolute Gasteiger partial charge is 0.399 e. The first-order valence-corrected chi connectivity index (χ1v) is 6.12. The van der Waals surface area contributed by atoms with Gasteiger partial charge < -0.3 is 11.1 Å². The zero-order chi connectivity index (χ0) is 11.5. The lowest BCUT2D eigenvalue weighted by molar-refractivity contribution is 1.42. The SMILES string of the molecule is Cc1cc(N)ccc1Nc1ccccc1I. The van der Waals surface area contributed by atoms with Crippen LogP contribution in [0.4, 0.5) is 17.1 Å². The van der Waals surface area contributed by atoms with Crippen molar-refractivity contribution in [3.8, 4) is 0 Å². The molecule has 0 bridgehead atoms. The molecule has 0 fully saturated rings. The molecule has 2 rings (SSSR count). The molecule has 3 N–H and O–H groups in total. The van der Waals surface area contributed by atoms with Crippen LogP contribution in [-0.2, 0) is 0 Å². The molecule has 0 spiro atoms. The topological polar surface area (TPSA) is 38.0 Å². The lowest BCUT2D eigenvalue weighted by Gasteiger charge is -2.11. The van der Waals surface area contributed by atoms with Gasteiger partial charge in [0, 0.05) is 14.9 Å². The number of nitrogens with two attached hydrogens (primary N) is 1. The second kappa shape index (κ2) is 4.74. The molecule has 0 amide bonds. The molecule has 0 saturated heterocycles. The molecule has 3 heteroatoms. The zero-order valence-electron chi connectivity index (χ0n) is 9.00. The number of hydrogen-bond donors (Lipinski definition) is 2. The Hall–Kier alpha value is -1.23.